The molecule has 3 N–H and O–H groups in total. The molecule has 1 aromatic carbocycles. The first-order chi connectivity index (χ1) is 13.1. The van der Waals surface area contributed by atoms with E-state index in [-0.39, 0.29) is 11.9 Å². The third-order valence-corrected chi connectivity index (χ3v) is 6.28. The fraction of sp³-hybridized carbons (Fsp3) is 0.476. The van der Waals surface area contributed by atoms with Crippen LogP contribution in [0, 0.1) is 0 Å². The monoisotopic (exact) mass is 389 g/mol. The molecule has 1 aliphatic rings. The molecule has 1 aliphatic heterocycles. The molecule has 0 aliphatic carbocycles. The minimum atomic E-state index is -0.0220. The highest BCUT2D eigenvalue weighted by atomic mass is 32.1. The average molecular weight is 390 g/mol. The lowest BCUT2D eigenvalue weighted by molar-refractivity contribution is -1.02. The van der Waals surface area contributed by atoms with Gasteiger partial charge >= 0.3 is 0 Å². The lowest BCUT2D eigenvalue weighted by Crippen LogP contribution is -3.27. The van der Waals surface area contributed by atoms with Gasteiger partial charge in [-0.2, -0.15) is 0 Å². The van der Waals surface area contributed by atoms with E-state index in [9.17, 15) is 4.79 Å². The van der Waals surface area contributed by atoms with Gasteiger partial charge in [0.15, 0.2) is 0 Å². The lowest BCUT2D eigenvalue weighted by Gasteiger charge is -2.36. The van der Waals surface area contributed by atoms with Crippen LogP contribution in [0.25, 0.3) is 0 Å². The van der Waals surface area contributed by atoms with Crippen molar-refractivity contribution in [1.29, 1.82) is 0 Å². The molecule has 0 bridgehead atoms. The second-order valence-corrected chi connectivity index (χ2v) is 8.31. The molecule has 2 aromatic rings. The maximum absolute atomic E-state index is 12.8. The number of amides is 1. The van der Waals surface area contributed by atoms with Gasteiger partial charge in [-0.25, -0.2) is 0 Å². The number of ether oxygens (including phenoxy) is 1. The van der Waals surface area contributed by atoms with Gasteiger partial charge < -0.3 is 19.9 Å². The number of carbonyl (C=O) groups excluding carboxylic acids is 1. The number of quaternary nitrogens is 2. The number of likely N-dealkylation sites (N-methyl/N-ethyl adjacent to an activating group) is 1. The van der Waals surface area contributed by atoms with Crippen LogP contribution in [0.5, 0.6) is 5.75 Å². The van der Waals surface area contributed by atoms with Gasteiger partial charge in [0.25, 0.3) is 5.91 Å². The first kappa shape index (κ1) is 19.9. The first-order valence-electron chi connectivity index (χ1n) is 9.81. The van der Waals surface area contributed by atoms with E-state index in [1.807, 2.05) is 31.2 Å². The molecule has 146 valence electrons. The summed E-state index contributed by atoms with van der Waals surface area (Å²) >= 11 is 1.79. The maximum Gasteiger partial charge on any atom is 0.251 e. The topological polar surface area (TPSA) is 47.2 Å². The molecular weight excluding hydrogens is 358 g/mol. The Kier molecular flexibility index (Phi) is 6.88. The average Bonchev–Trinajstić information content (AvgIpc) is 3.18. The molecule has 0 radical (unpaired) electrons. The largest absolute Gasteiger partial charge is 0.494 e. The van der Waals surface area contributed by atoms with E-state index in [0.717, 1.165) is 18.8 Å². The van der Waals surface area contributed by atoms with Crippen LogP contribution in [0.2, 0.25) is 0 Å². The molecule has 1 saturated heterocycles. The van der Waals surface area contributed by atoms with Crippen molar-refractivity contribution in [3.05, 3.63) is 52.2 Å². The van der Waals surface area contributed by atoms with E-state index in [4.69, 9.17) is 4.74 Å². The van der Waals surface area contributed by atoms with Crippen LogP contribution in [-0.4, -0.2) is 51.8 Å². The van der Waals surface area contributed by atoms with Gasteiger partial charge in [-0.3, -0.25) is 4.79 Å². The van der Waals surface area contributed by atoms with Crippen molar-refractivity contribution in [3.8, 4) is 5.75 Å². The molecule has 27 heavy (non-hydrogen) atoms. The minimum absolute atomic E-state index is 0.0220. The molecule has 1 amide bonds. The predicted octanol–water partition coefficient (Wildman–Crippen LogP) is 0.420. The summed E-state index contributed by atoms with van der Waals surface area (Å²) in [6.07, 6.45) is 0. The zero-order chi connectivity index (χ0) is 19.2. The van der Waals surface area contributed by atoms with Crippen LogP contribution in [0.1, 0.15) is 35.1 Å². The quantitative estimate of drug-likeness (QED) is 0.643. The standard InChI is InChI=1S/C21H29N3O2S/c1-4-26-18-9-7-17(8-10-18)21(25)22-16(2)20(19-6-5-15-27-19)24-13-11-23(3)12-14-24/h5-10,15-16,20H,4,11-14H2,1-3H3,(H,22,25)/p+2/t16-,20+/m0/s1. The van der Waals surface area contributed by atoms with Crippen LogP contribution in [0.3, 0.4) is 0 Å². The lowest BCUT2D eigenvalue weighted by atomic mass is 10.0. The van der Waals surface area contributed by atoms with Gasteiger partial charge in [-0.1, -0.05) is 6.07 Å². The normalized spacial score (nSPS) is 22.0. The van der Waals surface area contributed by atoms with E-state index >= 15 is 0 Å². The van der Waals surface area contributed by atoms with Crippen LogP contribution in [0.15, 0.2) is 41.8 Å². The highest BCUT2D eigenvalue weighted by molar-refractivity contribution is 7.10. The first-order valence-corrected chi connectivity index (χ1v) is 10.7. The molecule has 2 heterocycles. The smallest absolute Gasteiger partial charge is 0.251 e. The SMILES string of the molecule is CCOc1ccc(C(=O)N[C@@H](C)[C@H](c2cccs2)[NH+]2CC[NH+](C)CC2)cc1. The number of carbonyl (C=O) groups is 1. The third-order valence-electron chi connectivity index (χ3n) is 5.32. The molecule has 3 rings (SSSR count). The highest BCUT2D eigenvalue weighted by Crippen LogP contribution is 2.20. The summed E-state index contributed by atoms with van der Waals surface area (Å²) < 4.78 is 5.46. The zero-order valence-electron chi connectivity index (χ0n) is 16.5. The van der Waals surface area contributed by atoms with Crippen molar-refractivity contribution in [2.24, 2.45) is 0 Å². The van der Waals surface area contributed by atoms with Crippen molar-refractivity contribution >= 4 is 17.2 Å². The summed E-state index contributed by atoms with van der Waals surface area (Å²) in [5.74, 6) is 0.772. The molecule has 1 fully saturated rings. The second-order valence-electron chi connectivity index (χ2n) is 7.33. The van der Waals surface area contributed by atoms with E-state index in [1.165, 1.54) is 18.0 Å². The summed E-state index contributed by atoms with van der Waals surface area (Å²) in [5, 5.41) is 5.37. The van der Waals surface area contributed by atoms with Crippen LogP contribution < -0.4 is 19.9 Å². The number of hydrogen-bond acceptors (Lipinski definition) is 3. The number of benzene rings is 1. The maximum atomic E-state index is 12.8. The second kappa shape index (κ2) is 9.35. The fourth-order valence-corrected chi connectivity index (χ4v) is 4.81. The Morgan fingerprint density at radius 3 is 2.48 bits per heavy atom. The van der Waals surface area contributed by atoms with E-state index in [1.54, 1.807) is 21.1 Å². The Morgan fingerprint density at radius 1 is 1.19 bits per heavy atom. The number of hydrogen-bond donors (Lipinski definition) is 3. The van der Waals surface area contributed by atoms with Crippen LogP contribution in [-0.2, 0) is 0 Å². The van der Waals surface area contributed by atoms with Crippen molar-refractivity contribution in [2.45, 2.75) is 25.9 Å². The van der Waals surface area contributed by atoms with Crippen molar-refractivity contribution in [3.63, 3.8) is 0 Å². The summed E-state index contributed by atoms with van der Waals surface area (Å²) in [6, 6.07) is 12.0. The molecule has 5 nitrogen and oxygen atoms in total. The molecule has 0 saturated carbocycles. The molecule has 1 aromatic heterocycles. The number of nitrogens with one attached hydrogen (secondary N) is 3. The van der Waals surface area contributed by atoms with Gasteiger partial charge in [0.05, 0.1) is 24.6 Å². The Balaban J connectivity index is 1.70. The summed E-state index contributed by atoms with van der Waals surface area (Å²) in [6.45, 7) is 9.34. The predicted molar refractivity (Wildman–Crippen MR) is 109 cm³/mol. The molecule has 2 atom stereocenters. The molecule has 6 heteroatoms. The van der Waals surface area contributed by atoms with Gasteiger partial charge in [0.1, 0.15) is 38.0 Å². The highest BCUT2D eigenvalue weighted by Gasteiger charge is 2.34. The van der Waals surface area contributed by atoms with E-state index < -0.39 is 0 Å². The number of piperazine rings is 1. The van der Waals surface area contributed by atoms with Crippen LogP contribution >= 0.6 is 11.3 Å². The van der Waals surface area contributed by atoms with E-state index in [0.29, 0.717) is 18.2 Å². The Bertz CT molecular complexity index is 710. The van der Waals surface area contributed by atoms with Crippen molar-refractivity contribution in [2.75, 3.05) is 39.8 Å². The van der Waals surface area contributed by atoms with Crippen molar-refractivity contribution in [1.82, 2.24) is 5.32 Å². The third kappa shape index (κ3) is 5.09. The number of thiophene rings is 1. The summed E-state index contributed by atoms with van der Waals surface area (Å²) in [7, 11) is 2.26. The molecule has 0 unspecified atom stereocenters. The summed E-state index contributed by atoms with van der Waals surface area (Å²) in [5.41, 5.74) is 0.674. The van der Waals surface area contributed by atoms with Gasteiger partial charge in [0, 0.05) is 5.56 Å². The zero-order valence-corrected chi connectivity index (χ0v) is 17.3. The Labute approximate surface area is 165 Å². The van der Waals surface area contributed by atoms with Gasteiger partial charge in [0.2, 0.25) is 0 Å². The van der Waals surface area contributed by atoms with E-state index in [2.05, 4.69) is 36.8 Å². The Morgan fingerprint density at radius 2 is 1.89 bits per heavy atom. The van der Waals surface area contributed by atoms with Crippen molar-refractivity contribution < 1.29 is 19.3 Å². The van der Waals surface area contributed by atoms with Crippen LogP contribution in [0.4, 0.5) is 0 Å². The molecule has 0 spiro atoms. The summed E-state index contributed by atoms with van der Waals surface area (Å²) in [4.78, 5) is 17.3. The fourth-order valence-electron chi connectivity index (χ4n) is 3.82. The van der Waals surface area contributed by atoms with Gasteiger partial charge in [-0.15, -0.1) is 11.3 Å². The molecular formula is C21H31N3O2S+2. The van der Waals surface area contributed by atoms with Gasteiger partial charge in [-0.05, 0) is 49.6 Å². The minimum Gasteiger partial charge on any atom is -0.494 e. The number of rotatable bonds is 7. The Hall–Kier alpha value is -1.89.